The van der Waals surface area contributed by atoms with Gasteiger partial charge in [0.25, 0.3) is 7.82 Å². The SMILES string of the molecule is CCCCCCCCCCCCCCCC(=O)OC[C@H](COP(=O)([O-])OCC[N+](C)(C)C)OC(=O)C=Cc1cccc(OC)c1. The van der Waals surface area contributed by atoms with Crippen LogP contribution in [0.25, 0.3) is 6.08 Å². The van der Waals surface area contributed by atoms with Crippen molar-refractivity contribution < 1.29 is 46.8 Å². The van der Waals surface area contributed by atoms with E-state index in [9.17, 15) is 19.0 Å². The van der Waals surface area contributed by atoms with Crippen LogP contribution in [0.2, 0.25) is 0 Å². The van der Waals surface area contributed by atoms with Crippen molar-refractivity contribution in [2.24, 2.45) is 0 Å². The molecule has 0 aliphatic heterocycles. The van der Waals surface area contributed by atoms with Crippen molar-refractivity contribution in [3.05, 3.63) is 35.9 Å². The smallest absolute Gasteiger partial charge is 0.331 e. The summed E-state index contributed by atoms with van der Waals surface area (Å²) in [5, 5.41) is 0. The van der Waals surface area contributed by atoms with E-state index in [0.717, 1.165) is 19.3 Å². The first kappa shape index (κ1) is 40.8. The van der Waals surface area contributed by atoms with Crippen LogP contribution in [0.4, 0.5) is 0 Å². The van der Waals surface area contributed by atoms with Crippen LogP contribution >= 0.6 is 7.82 Å². The summed E-state index contributed by atoms with van der Waals surface area (Å²) in [6.45, 7) is 1.74. The number of hydrogen-bond donors (Lipinski definition) is 0. The van der Waals surface area contributed by atoms with E-state index in [4.69, 9.17) is 23.3 Å². The molecule has 0 aromatic heterocycles. The quantitative estimate of drug-likeness (QED) is 0.0329. The lowest BCUT2D eigenvalue weighted by atomic mass is 10.0. The molecule has 0 aliphatic carbocycles. The van der Waals surface area contributed by atoms with Gasteiger partial charge < -0.3 is 32.6 Å². The highest BCUT2D eigenvalue weighted by Crippen LogP contribution is 2.38. The highest BCUT2D eigenvalue weighted by molar-refractivity contribution is 7.45. The highest BCUT2D eigenvalue weighted by atomic mass is 31.2. The lowest BCUT2D eigenvalue weighted by Crippen LogP contribution is -2.37. The molecule has 258 valence electrons. The number of quaternary nitrogens is 1. The molecular weight excluding hydrogens is 597 g/mol. The van der Waals surface area contributed by atoms with E-state index < -0.39 is 32.5 Å². The molecule has 0 heterocycles. The Labute approximate surface area is 271 Å². The van der Waals surface area contributed by atoms with Gasteiger partial charge in [-0.2, -0.15) is 0 Å². The van der Waals surface area contributed by atoms with Gasteiger partial charge >= 0.3 is 11.9 Å². The van der Waals surface area contributed by atoms with E-state index in [1.165, 1.54) is 69.9 Å². The minimum absolute atomic E-state index is 0.0634. The number of methoxy groups -OCH3 is 1. The summed E-state index contributed by atoms with van der Waals surface area (Å²) in [6.07, 6.45) is 17.5. The average Bonchev–Trinajstić information content (AvgIpc) is 2.99. The summed E-state index contributed by atoms with van der Waals surface area (Å²) in [5.74, 6) is -0.551. The van der Waals surface area contributed by atoms with Gasteiger partial charge in [0.05, 0.1) is 34.9 Å². The number of rotatable bonds is 27. The third kappa shape index (κ3) is 23.7. The third-order valence-electron chi connectivity index (χ3n) is 7.13. The molecule has 1 rings (SSSR count). The summed E-state index contributed by atoms with van der Waals surface area (Å²) >= 11 is 0. The number of benzene rings is 1. The monoisotopic (exact) mass is 655 g/mol. The summed E-state index contributed by atoms with van der Waals surface area (Å²) < 4.78 is 38.6. The lowest BCUT2D eigenvalue weighted by molar-refractivity contribution is -0.870. The van der Waals surface area contributed by atoms with Crippen molar-refractivity contribution in [3.8, 4) is 5.75 Å². The minimum atomic E-state index is -4.66. The number of likely N-dealkylation sites (N-methyl/N-ethyl adjacent to an activating group) is 1. The van der Waals surface area contributed by atoms with Gasteiger partial charge in [-0.05, 0) is 30.2 Å². The molecule has 45 heavy (non-hydrogen) atoms. The van der Waals surface area contributed by atoms with Gasteiger partial charge in [0.15, 0.2) is 6.10 Å². The van der Waals surface area contributed by atoms with E-state index in [1.807, 2.05) is 21.1 Å². The van der Waals surface area contributed by atoms with E-state index >= 15 is 0 Å². The Morgan fingerprint density at radius 2 is 1.49 bits per heavy atom. The van der Waals surface area contributed by atoms with E-state index in [-0.39, 0.29) is 19.6 Å². The first-order valence-corrected chi connectivity index (χ1v) is 18.0. The van der Waals surface area contributed by atoms with E-state index in [1.54, 1.807) is 31.4 Å². The highest BCUT2D eigenvalue weighted by Gasteiger charge is 2.21. The molecule has 0 N–H and O–H groups in total. The van der Waals surface area contributed by atoms with Crippen LogP contribution in [0.15, 0.2) is 30.3 Å². The number of ether oxygens (including phenoxy) is 3. The molecule has 0 radical (unpaired) electrons. The molecule has 1 unspecified atom stereocenters. The van der Waals surface area contributed by atoms with Gasteiger partial charge in [-0.1, -0.05) is 96.1 Å². The van der Waals surface area contributed by atoms with Crippen LogP contribution in [-0.4, -0.2) is 77.1 Å². The topological polar surface area (TPSA) is 120 Å². The van der Waals surface area contributed by atoms with Crippen LogP contribution < -0.4 is 9.63 Å². The fraction of sp³-hybridized carbons (Fsp3) is 0.706. The molecule has 2 atom stereocenters. The molecule has 1 aromatic rings. The lowest BCUT2D eigenvalue weighted by Gasteiger charge is -2.28. The molecule has 0 saturated heterocycles. The second-order valence-corrected chi connectivity index (χ2v) is 13.8. The zero-order chi connectivity index (χ0) is 33.4. The number of nitrogens with zero attached hydrogens (tertiary/aromatic N) is 1. The largest absolute Gasteiger partial charge is 0.756 e. The zero-order valence-corrected chi connectivity index (χ0v) is 29.2. The Hall–Kier alpha value is -2.23. The number of carbonyl (C=O) groups excluding carboxylic acids is 2. The number of phosphoric ester groups is 1. The van der Waals surface area contributed by atoms with Gasteiger partial charge in [-0.25, -0.2) is 4.79 Å². The van der Waals surface area contributed by atoms with Crippen molar-refractivity contribution in [2.45, 2.75) is 103 Å². The number of phosphoric acid groups is 1. The van der Waals surface area contributed by atoms with Crippen LogP contribution in [0.5, 0.6) is 5.75 Å². The van der Waals surface area contributed by atoms with Gasteiger partial charge in [0.2, 0.25) is 0 Å². The second-order valence-electron chi connectivity index (χ2n) is 12.4. The Bertz CT molecular complexity index is 1030. The number of carbonyl (C=O) groups is 2. The van der Waals surface area contributed by atoms with E-state index in [2.05, 4.69) is 6.92 Å². The van der Waals surface area contributed by atoms with Crippen molar-refractivity contribution in [3.63, 3.8) is 0 Å². The molecule has 1 aromatic carbocycles. The fourth-order valence-electron chi connectivity index (χ4n) is 4.41. The number of esters is 2. The molecule has 11 heteroatoms. The first-order valence-electron chi connectivity index (χ1n) is 16.5. The molecular formula is C34H58NO9P. The van der Waals surface area contributed by atoms with Crippen LogP contribution in [0, 0.1) is 0 Å². The Morgan fingerprint density at radius 3 is 2.07 bits per heavy atom. The Balaban J connectivity index is 2.47. The van der Waals surface area contributed by atoms with Gasteiger partial charge in [0, 0.05) is 12.5 Å². The van der Waals surface area contributed by atoms with Gasteiger partial charge in [0.1, 0.15) is 25.5 Å². The van der Waals surface area contributed by atoms with E-state index in [0.29, 0.717) is 28.8 Å². The van der Waals surface area contributed by atoms with Crippen LogP contribution in [-0.2, 0) is 32.7 Å². The molecule has 0 spiro atoms. The summed E-state index contributed by atoms with van der Waals surface area (Å²) in [4.78, 5) is 37.2. The second kappa shape index (κ2) is 24.0. The summed E-state index contributed by atoms with van der Waals surface area (Å²) in [7, 11) is 2.59. The summed E-state index contributed by atoms with van der Waals surface area (Å²) in [5.41, 5.74) is 0.707. The first-order chi connectivity index (χ1) is 21.4. The Morgan fingerprint density at radius 1 is 0.889 bits per heavy atom. The molecule has 0 bridgehead atoms. The maximum Gasteiger partial charge on any atom is 0.331 e. The van der Waals surface area contributed by atoms with Crippen molar-refractivity contribution >= 4 is 25.8 Å². The maximum absolute atomic E-state index is 12.5. The fourth-order valence-corrected chi connectivity index (χ4v) is 5.14. The molecule has 0 amide bonds. The normalized spacial score (nSPS) is 13.8. The predicted octanol–water partition coefficient (Wildman–Crippen LogP) is 6.85. The summed E-state index contributed by atoms with van der Waals surface area (Å²) in [6, 6.07) is 7.08. The molecule has 0 fully saturated rings. The van der Waals surface area contributed by atoms with Crippen molar-refractivity contribution in [1.29, 1.82) is 0 Å². The third-order valence-corrected chi connectivity index (χ3v) is 8.10. The zero-order valence-electron chi connectivity index (χ0n) is 28.3. The van der Waals surface area contributed by atoms with Crippen molar-refractivity contribution in [2.75, 3.05) is 54.6 Å². The Kier molecular flexibility index (Phi) is 21.8. The van der Waals surface area contributed by atoms with Crippen molar-refractivity contribution in [1.82, 2.24) is 0 Å². The van der Waals surface area contributed by atoms with Crippen LogP contribution in [0.3, 0.4) is 0 Å². The number of unbranched alkanes of at least 4 members (excludes halogenated alkanes) is 12. The van der Waals surface area contributed by atoms with Gasteiger partial charge in [-0.3, -0.25) is 9.36 Å². The average molecular weight is 656 g/mol. The molecule has 0 saturated carbocycles. The minimum Gasteiger partial charge on any atom is -0.756 e. The molecule has 0 aliphatic rings. The van der Waals surface area contributed by atoms with Gasteiger partial charge in [-0.15, -0.1) is 0 Å². The van der Waals surface area contributed by atoms with Crippen LogP contribution in [0.1, 0.15) is 102 Å². The molecule has 10 nitrogen and oxygen atoms in total. The predicted molar refractivity (Wildman–Crippen MR) is 176 cm³/mol. The maximum atomic E-state index is 12.5. The standard InChI is InChI=1S/C34H58NO9P/c1-6-7-8-9-10-11-12-13-14-15-16-17-18-22-33(36)41-28-32(29-43-45(38,39)42-26-25-35(2,3)4)44-34(37)24-23-30-20-19-21-31(27-30)40-5/h19-21,23-24,27,32H,6-18,22,25-26,28-29H2,1-5H3/t32-/m1/s1. The number of hydrogen-bond acceptors (Lipinski definition) is 9.